The van der Waals surface area contributed by atoms with Gasteiger partial charge in [-0.15, -0.1) is 0 Å². The van der Waals surface area contributed by atoms with E-state index in [-0.39, 0.29) is 11.9 Å². The summed E-state index contributed by atoms with van der Waals surface area (Å²) >= 11 is 0. The predicted octanol–water partition coefficient (Wildman–Crippen LogP) is 3.56. The van der Waals surface area contributed by atoms with Crippen molar-refractivity contribution in [2.45, 2.75) is 39.7 Å². The third-order valence-corrected chi connectivity index (χ3v) is 3.35. The molecular weight excluding hydrogens is 252 g/mol. The van der Waals surface area contributed by atoms with E-state index in [2.05, 4.69) is 17.4 Å². The Balaban J connectivity index is 2.19. The molecule has 0 aliphatic rings. The van der Waals surface area contributed by atoms with Crippen molar-refractivity contribution in [1.29, 1.82) is 0 Å². The molecule has 1 aromatic heterocycles. The Morgan fingerprint density at radius 2 is 2.00 bits per heavy atom. The molecule has 4 nitrogen and oxygen atoms in total. The molecule has 0 bridgehead atoms. The fraction of sp³-hybridized carbons (Fsp3) is 0.375. The first-order valence-corrected chi connectivity index (χ1v) is 6.92. The van der Waals surface area contributed by atoms with Crippen molar-refractivity contribution in [2.24, 2.45) is 0 Å². The van der Waals surface area contributed by atoms with E-state index in [1.165, 1.54) is 0 Å². The van der Waals surface area contributed by atoms with E-state index in [9.17, 15) is 4.79 Å². The van der Waals surface area contributed by atoms with E-state index < -0.39 is 0 Å². The number of hydrogen-bond donors (Lipinski definition) is 1. The molecule has 2 aromatic rings. The number of carbonyl (C=O) groups excluding carboxylic acids is 1. The highest BCUT2D eigenvalue weighted by Gasteiger charge is 2.21. The van der Waals surface area contributed by atoms with Crippen LogP contribution < -0.4 is 5.32 Å². The normalized spacial score (nSPS) is 12.2. The van der Waals surface area contributed by atoms with Crippen LogP contribution in [0.25, 0.3) is 0 Å². The number of nitrogens with one attached hydrogen (secondary N) is 1. The number of carbonyl (C=O) groups is 1. The number of benzene rings is 1. The van der Waals surface area contributed by atoms with Gasteiger partial charge in [0.2, 0.25) is 0 Å². The van der Waals surface area contributed by atoms with Crippen LogP contribution >= 0.6 is 0 Å². The first-order chi connectivity index (χ1) is 9.63. The minimum atomic E-state index is -0.122. The van der Waals surface area contributed by atoms with E-state index in [4.69, 9.17) is 4.52 Å². The zero-order valence-electron chi connectivity index (χ0n) is 12.1. The van der Waals surface area contributed by atoms with Crippen molar-refractivity contribution in [1.82, 2.24) is 10.5 Å². The second-order valence-electron chi connectivity index (χ2n) is 4.92. The average Bonchev–Trinajstić information content (AvgIpc) is 2.78. The largest absolute Gasteiger partial charge is 0.361 e. The molecule has 0 aliphatic heterocycles. The van der Waals surface area contributed by atoms with Gasteiger partial charge in [0.15, 0.2) is 0 Å². The minimum absolute atomic E-state index is 0.0161. The number of aryl methyl sites for hydroxylation is 2. The van der Waals surface area contributed by atoms with Crippen molar-refractivity contribution in [2.75, 3.05) is 0 Å². The van der Waals surface area contributed by atoms with Gasteiger partial charge in [0, 0.05) is 0 Å². The van der Waals surface area contributed by atoms with Crippen LogP contribution in [0.15, 0.2) is 34.9 Å². The molecule has 1 heterocycles. The number of nitrogens with zero attached hydrogens (tertiary/aromatic N) is 1. The summed E-state index contributed by atoms with van der Waals surface area (Å²) in [6.07, 6.45) is 1.90. The van der Waals surface area contributed by atoms with Crippen LogP contribution in [0.2, 0.25) is 0 Å². The number of hydrogen-bond acceptors (Lipinski definition) is 3. The van der Waals surface area contributed by atoms with Gasteiger partial charge in [-0.1, -0.05) is 48.8 Å². The maximum Gasteiger partial charge on any atom is 0.257 e. The molecule has 0 radical (unpaired) electrons. The van der Waals surface area contributed by atoms with Crippen LogP contribution in [0.1, 0.15) is 53.2 Å². The lowest BCUT2D eigenvalue weighted by atomic mass is 10.0. The first-order valence-electron chi connectivity index (χ1n) is 6.92. The quantitative estimate of drug-likeness (QED) is 0.905. The van der Waals surface area contributed by atoms with E-state index in [0.29, 0.717) is 17.0 Å². The number of amides is 1. The van der Waals surface area contributed by atoms with Crippen LogP contribution in [0, 0.1) is 13.8 Å². The molecule has 0 unspecified atom stereocenters. The predicted molar refractivity (Wildman–Crippen MR) is 77.5 cm³/mol. The van der Waals surface area contributed by atoms with Crippen LogP contribution in [0.4, 0.5) is 0 Å². The summed E-state index contributed by atoms with van der Waals surface area (Å²) in [6, 6.07) is 10.0. The lowest BCUT2D eigenvalue weighted by Gasteiger charge is -2.18. The highest BCUT2D eigenvalue weighted by molar-refractivity contribution is 5.96. The molecule has 0 saturated carbocycles. The van der Waals surface area contributed by atoms with Gasteiger partial charge in [-0.25, -0.2) is 0 Å². The van der Waals surface area contributed by atoms with Gasteiger partial charge in [0.05, 0.1) is 11.7 Å². The van der Waals surface area contributed by atoms with Crippen LogP contribution in [0.3, 0.4) is 0 Å². The van der Waals surface area contributed by atoms with Crippen molar-refractivity contribution >= 4 is 5.91 Å². The second-order valence-corrected chi connectivity index (χ2v) is 4.92. The third-order valence-electron chi connectivity index (χ3n) is 3.35. The van der Waals surface area contributed by atoms with E-state index in [1.807, 2.05) is 30.3 Å². The minimum Gasteiger partial charge on any atom is -0.361 e. The van der Waals surface area contributed by atoms with Crippen LogP contribution in [0.5, 0.6) is 0 Å². The molecule has 0 aliphatic carbocycles. The molecule has 0 fully saturated rings. The van der Waals surface area contributed by atoms with Crippen molar-refractivity contribution < 1.29 is 9.32 Å². The SMILES string of the molecule is CCC[C@H](NC(=O)c1c(C)noc1C)c1ccccc1. The molecule has 2 rings (SSSR count). The average molecular weight is 272 g/mol. The molecule has 0 saturated heterocycles. The van der Waals surface area contributed by atoms with Gasteiger partial charge in [0.1, 0.15) is 11.3 Å². The highest BCUT2D eigenvalue weighted by atomic mass is 16.5. The Bertz CT molecular complexity index is 556. The fourth-order valence-corrected chi connectivity index (χ4v) is 2.33. The van der Waals surface area contributed by atoms with Crippen LogP contribution in [-0.4, -0.2) is 11.1 Å². The maximum absolute atomic E-state index is 12.4. The molecule has 106 valence electrons. The molecule has 1 atom stereocenters. The summed E-state index contributed by atoms with van der Waals surface area (Å²) < 4.78 is 5.05. The monoisotopic (exact) mass is 272 g/mol. The number of rotatable bonds is 5. The Labute approximate surface area is 119 Å². The van der Waals surface area contributed by atoms with Gasteiger partial charge in [-0.2, -0.15) is 0 Å². The Morgan fingerprint density at radius 3 is 2.55 bits per heavy atom. The van der Waals surface area contributed by atoms with Crippen LogP contribution in [-0.2, 0) is 0 Å². The summed E-state index contributed by atoms with van der Waals surface area (Å²) in [5, 5.41) is 6.91. The Kier molecular flexibility index (Phi) is 4.56. The van der Waals surface area contributed by atoms with Gasteiger partial charge in [-0.3, -0.25) is 4.79 Å². The van der Waals surface area contributed by atoms with Crippen molar-refractivity contribution in [3.8, 4) is 0 Å². The highest BCUT2D eigenvalue weighted by Crippen LogP contribution is 2.20. The zero-order valence-corrected chi connectivity index (χ0v) is 12.1. The summed E-state index contributed by atoms with van der Waals surface area (Å²) in [5.74, 6) is 0.437. The molecule has 1 amide bonds. The van der Waals surface area contributed by atoms with E-state index in [0.717, 1.165) is 18.4 Å². The van der Waals surface area contributed by atoms with E-state index in [1.54, 1.807) is 13.8 Å². The topological polar surface area (TPSA) is 55.1 Å². The first kappa shape index (κ1) is 14.3. The maximum atomic E-state index is 12.4. The summed E-state index contributed by atoms with van der Waals surface area (Å²) in [7, 11) is 0. The third kappa shape index (κ3) is 3.07. The van der Waals surface area contributed by atoms with Gasteiger partial charge in [-0.05, 0) is 25.8 Å². The fourth-order valence-electron chi connectivity index (χ4n) is 2.33. The molecule has 1 aromatic carbocycles. The Morgan fingerprint density at radius 1 is 1.30 bits per heavy atom. The van der Waals surface area contributed by atoms with Gasteiger partial charge >= 0.3 is 0 Å². The lowest BCUT2D eigenvalue weighted by Crippen LogP contribution is -2.29. The zero-order chi connectivity index (χ0) is 14.5. The molecular formula is C16H20N2O2. The molecule has 0 spiro atoms. The lowest BCUT2D eigenvalue weighted by molar-refractivity contribution is 0.0932. The van der Waals surface area contributed by atoms with Gasteiger partial charge < -0.3 is 9.84 Å². The molecule has 1 N–H and O–H groups in total. The smallest absolute Gasteiger partial charge is 0.257 e. The summed E-state index contributed by atoms with van der Waals surface area (Å²) in [6.45, 7) is 5.65. The summed E-state index contributed by atoms with van der Waals surface area (Å²) in [4.78, 5) is 12.4. The summed E-state index contributed by atoms with van der Waals surface area (Å²) in [5.41, 5.74) is 2.29. The second kappa shape index (κ2) is 6.37. The molecule has 4 heteroatoms. The standard InChI is InChI=1S/C16H20N2O2/c1-4-8-14(13-9-6-5-7-10-13)17-16(19)15-11(2)18-20-12(15)3/h5-7,9-10,14H,4,8H2,1-3H3,(H,17,19)/t14-/m0/s1. The van der Waals surface area contributed by atoms with Crippen molar-refractivity contribution in [3.05, 3.63) is 52.9 Å². The van der Waals surface area contributed by atoms with Gasteiger partial charge in [0.25, 0.3) is 5.91 Å². The number of aromatic nitrogens is 1. The molecule has 20 heavy (non-hydrogen) atoms. The Hall–Kier alpha value is -2.10. The van der Waals surface area contributed by atoms with E-state index >= 15 is 0 Å². The van der Waals surface area contributed by atoms with Crippen molar-refractivity contribution in [3.63, 3.8) is 0 Å².